The summed E-state index contributed by atoms with van der Waals surface area (Å²) in [5.74, 6) is 0.703. The monoisotopic (exact) mass is 572 g/mol. The van der Waals surface area contributed by atoms with E-state index >= 15 is 0 Å². The third-order valence-electron chi connectivity index (χ3n) is 7.04. The van der Waals surface area contributed by atoms with Gasteiger partial charge in [-0.2, -0.15) is 0 Å². The van der Waals surface area contributed by atoms with Crippen molar-refractivity contribution in [2.45, 2.75) is 51.4 Å². The van der Waals surface area contributed by atoms with Crippen LogP contribution >= 0.6 is 15.9 Å². The summed E-state index contributed by atoms with van der Waals surface area (Å²) in [4.78, 5) is 0. The average molecular weight is 573 g/mol. The van der Waals surface area contributed by atoms with Crippen molar-refractivity contribution in [3.05, 3.63) is 100 Å². The number of phenols is 2. The number of aromatic hydroxyl groups is 2. The van der Waals surface area contributed by atoms with Crippen LogP contribution in [-0.4, -0.2) is 27.4 Å². The van der Waals surface area contributed by atoms with Crippen LogP contribution < -0.4 is 0 Å². The Hall–Kier alpha value is -3.06. The Bertz CT molecular complexity index is 1400. The van der Waals surface area contributed by atoms with Crippen molar-refractivity contribution in [2.24, 2.45) is 0 Å². The average Bonchev–Trinajstić information content (AvgIpc) is 2.97. The van der Waals surface area contributed by atoms with E-state index in [1.165, 1.54) is 42.2 Å². The molecular weight excluding hydrogens is 539 g/mol. The molecule has 0 unspecified atom stereocenters. The third kappa shape index (κ3) is 7.07. The summed E-state index contributed by atoms with van der Waals surface area (Å²) in [6.45, 7) is 0. The maximum Gasteiger partial charge on any atom is 0.483 e. The molecule has 0 spiro atoms. The van der Waals surface area contributed by atoms with Gasteiger partial charge in [-0.25, -0.2) is 0 Å². The third-order valence-corrected chi connectivity index (χ3v) is 7.74. The summed E-state index contributed by atoms with van der Waals surface area (Å²) >= 11 is 3.42. The lowest BCUT2D eigenvalue weighted by molar-refractivity contribution is 0.414. The zero-order chi connectivity index (χ0) is 26.9. The molecule has 0 bridgehead atoms. The van der Waals surface area contributed by atoms with Crippen LogP contribution in [0, 0.1) is 0 Å². The quantitative estimate of drug-likeness (QED) is 0.182. The Morgan fingerprint density at radius 1 is 0.579 bits per heavy atom. The minimum Gasteiger partial charge on any atom is -0.507 e. The first-order chi connectivity index (χ1) is 18.5. The Morgan fingerprint density at radius 3 is 1.66 bits per heavy atom. The number of benzene rings is 4. The van der Waals surface area contributed by atoms with E-state index in [0.717, 1.165) is 51.8 Å². The predicted octanol–water partition coefficient (Wildman–Crippen LogP) is 8.31. The molecule has 4 nitrogen and oxygen atoms in total. The summed E-state index contributed by atoms with van der Waals surface area (Å²) in [6, 6.07) is 23.2. The molecule has 0 saturated heterocycles. The minimum atomic E-state index is -1.20. The molecular formula is C32H34BBrO4. The molecule has 0 amide bonds. The highest BCUT2D eigenvalue weighted by molar-refractivity contribution is 9.10. The maximum atomic E-state index is 9.87. The standard InChI is InChI=1S/C16H16O.C10H7BrO.C6H11BO2/c17-16-11-10-13(12-6-2-1-3-7-12)14-8-4-5-9-15(14)16;11-9-5-6-10(12)8-4-2-1-3-7(8)9;8-7(9)6-4-2-1-3-5-6/h4-6,8-11,17H,1-3,7H2;1-6,12H;4,8-9H,1-3,5H2. The Labute approximate surface area is 233 Å². The number of hydrogen-bond donors (Lipinski definition) is 4. The Kier molecular flexibility index (Phi) is 10.0. The maximum absolute atomic E-state index is 9.87. The molecule has 2 aliphatic carbocycles. The van der Waals surface area contributed by atoms with Gasteiger partial charge in [0.25, 0.3) is 0 Å². The molecule has 0 radical (unpaired) electrons. The van der Waals surface area contributed by atoms with Crippen LogP contribution in [-0.2, 0) is 0 Å². The zero-order valence-corrected chi connectivity index (χ0v) is 23.1. The van der Waals surface area contributed by atoms with Crippen LogP contribution in [0.1, 0.15) is 56.9 Å². The molecule has 196 valence electrons. The van der Waals surface area contributed by atoms with E-state index in [1.54, 1.807) is 6.07 Å². The lowest BCUT2D eigenvalue weighted by Crippen LogP contribution is -2.16. The summed E-state index contributed by atoms with van der Waals surface area (Å²) in [6.07, 6.45) is 13.4. The van der Waals surface area contributed by atoms with Crippen LogP contribution in [0.25, 0.3) is 27.1 Å². The number of allylic oxidation sites excluding steroid dienone is 4. The second kappa shape index (κ2) is 13.7. The largest absolute Gasteiger partial charge is 0.507 e. The second-order valence-electron chi connectivity index (χ2n) is 9.66. The van der Waals surface area contributed by atoms with Gasteiger partial charge in [-0.15, -0.1) is 0 Å². The Balaban J connectivity index is 0.000000141. The van der Waals surface area contributed by atoms with Gasteiger partial charge in [-0.1, -0.05) is 82.7 Å². The van der Waals surface area contributed by atoms with E-state index in [9.17, 15) is 10.2 Å². The minimum absolute atomic E-state index is 0.328. The fraction of sp³-hybridized carbons (Fsp3) is 0.250. The first-order valence-electron chi connectivity index (χ1n) is 13.3. The van der Waals surface area contributed by atoms with Crippen molar-refractivity contribution in [2.75, 3.05) is 0 Å². The van der Waals surface area contributed by atoms with Gasteiger partial charge in [0.15, 0.2) is 0 Å². The fourth-order valence-electron chi connectivity index (χ4n) is 4.99. The van der Waals surface area contributed by atoms with E-state index in [0.29, 0.717) is 11.5 Å². The molecule has 0 fully saturated rings. The fourth-order valence-corrected chi connectivity index (χ4v) is 5.47. The van der Waals surface area contributed by atoms with Gasteiger partial charge in [0.1, 0.15) is 11.5 Å². The molecule has 0 aromatic heterocycles. The van der Waals surface area contributed by atoms with Crippen molar-refractivity contribution < 1.29 is 20.3 Å². The lowest BCUT2D eigenvalue weighted by Gasteiger charge is -2.15. The van der Waals surface area contributed by atoms with Crippen molar-refractivity contribution in [3.63, 3.8) is 0 Å². The van der Waals surface area contributed by atoms with Gasteiger partial charge in [0, 0.05) is 15.2 Å². The molecule has 0 aliphatic heterocycles. The number of fused-ring (bicyclic) bond motifs is 2. The summed E-state index contributed by atoms with van der Waals surface area (Å²) in [5, 5.41) is 40.7. The predicted molar refractivity (Wildman–Crippen MR) is 162 cm³/mol. The molecule has 0 heterocycles. The molecule has 2 aliphatic rings. The lowest BCUT2D eigenvalue weighted by atomic mass is 9.74. The molecule has 6 rings (SSSR count). The SMILES string of the molecule is OB(O)C1=CCCCC1.Oc1ccc(Br)c2ccccc12.Oc1ccc(C2=CCCCC2)c2ccccc12. The van der Waals surface area contributed by atoms with Crippen molar-refractivity contribution in [1.29, 1.82) is 0 Å². The van der Waals surface area contributed by atoms with Crippen molar-refractivity contribution in [3.8, 4) is 11.5 Å². The number of halogens is 1. The van der Waals surface area contributed by atoms with E-state index in [-0.39, 0.29) is 0 Å². The van der Waals surface area contributed by atoms with Gasteiger partial charge in [0.2, 0.25) is 0 Å². The van der Waals surface area contributed by atoms with Crippen LogP contribution in [0.15, 0.2) is 94.9 Å². The summed E-state index contributed by atoms with van der Waals surface area (Å²) < 4.78 is 1.01. The highest BCUT2D eigenvalue weighted by Crippen LogP contribution is 2.35. The zero-order valence-electron chi connectivity index (χ0n) is 21.5. The summed E-state index contributed by atoms with van der Waals surface area (Å²) in [7, 11) is -1.20. The van der Waals surface area contributed by atoms with Gasteiger partial charge in [-0.3, -0.25) is 0 Å². The van der Waals surface area contributed by atoms with Crippen LogP contribution in [0.2, 0.25) is 0 Å². The van der Waals surface area contributed by atoms with Gasteiger partial charge < -0.3 is 20.3 Å². The normalized spacial score (nSPS) is 14.9. The van der Waals surface area contributed by atoms with Crippen molar-refractivity contribution >= 4 is 50.2 Å². The smallest absolute Gasteiger partial charge is 0.483 e. The van der Waals surface area contributed by atoms with Gasteiger partial charge >= 0.3 is 7.12 Å². The highest BCUT2D eigenvalue weighted by Gasteiger charge is 2.15. The topological polar surface area (TPSA) is 80.9 Å². The number of hydrogen-bond acceptors (Lipinski definition) is 4. The number of rotatable bonds is 2. The van der Waals surface area contributed by atoms with Gasteiger partial charge in [-0.05, 0) is 96.9 Å². The van der Waals surface area contributed by atoms with Crippen LogP contribution in [0.3, 0.4) is 0 Å². The second-order valence-corrected chi connectivity index (χ2v) is 10.5. The first-order valence-corrected chi connectivity index (χ1v) is 14.1. The van der Waals surface area contributed by atoms with E-state index in [4.69, 9.17) is 10.0 Å². The highest BCUT2D eigenvalue weighted by atomic mass is 79.9. The van der Waals surface area contributed by atoms with E-state index in [1.807, 2.05) is 60.7 Å². The van der Waals surface area contributed by atoms with E-state index < -0.39 is 7.12 Å². The van der Waals surface area contributed by atoms with Crippen molar-refractivity contribution in [1.82, 2.24) is 0 Å². The number of phenolic OH excluding ortho intramolecular Hbond substituents is 2. The van der Waals surface area contributed by atoms with E-state index in [2.05, 4.69) is 34.1 Å². The van der Waals surface area contributed by atoms with Crippen LogP contribution in [0.4, 0.5) is 0 Å². The Morgan fingerprint density at radius 2 is 1.13 bits per heavy atom. The summed E-state index contributed by atoms with van der Waals surface area (Å²) in [5.41, 5.74) is 3.52. The van der Waals surface area contributed by atoms with Gasteiger partial charge in [0.05, 0.1) is 0 Å². The molecule has 38 heavy (non-hydrogen) atoms. The molecule has 4 aromatic rings. The molecule has 0 saturated carbocycles. The molecule has 0 atom stereocenters. The first kappa shape index (κ1) is 28.0. The molecule has 4 N–H and O–H groups in total. The molecule has 6 heteroatoms. The van der Waals surface area contributed by atoms with Crippen LogP contribution in [0.5, 0.6) is 11.5 Å². The molecule has 4 aromatic carbocycles.